The predicted octanol–water partition coefficient (Wildman–Crippen LogP) is 1.83. The molecule has 2 atom stereocenters. The average Bonchev–Trinajstić information content (AvgIpc) is 2.91. The van der Waals surface area contributed by atoms with Gasteiger partial charge in [0.25, 0.3) is 0 Å². The van der Waals surface area contributed by atoms with Gasteiger partial charge in [-0.15, -0.1) is 0 Å². The van der Waals surface area contributed by atoms with Crippen molar-refractivity contribution in [2.45, 2.75) is 45.7 Å². The highest BCUT2D eigenvalue weighted by molar-refractivity contribution is 5.74. The molecule has 0 radical (unpaired) electrons. The van der Waals surface area contributed by atoms with E-state index in [2.05, 4.69) is 15.3 Å². The lowest BCUT2D eigenvalue weighted by Gasteiger charge is -2.20. The van der Waals surface area contributed by atoms with Crippen molar-refractivity contribution in [2.24, 2.45) is 5.92 Å². The lowest BCUT2D eigenvalue weighted by Crippen LogP contribution is -2.41. The van der Waals surface area contributed by atoms with E-state index in [1.807, 2.05) is 6.92 Å². The molecule has 2 amide bonds. The number of urea groups is 1. The number of aromatic amines is 1. The zero-order chi connectivity index (χ0) is 15.8. The number of imidazole rings is 1. The third kappa shape index (κ3) is 6.29. The number of carbonyl (C=O) groups is 2. The van der Waals surface area contributed by atoms with Gasteiger partial charge in [0.2, 0.25) is 0 Å². The van der Waals surface area contributed by atoms with Crippen LogP contribution in [0.4, 0.5) is 4.79 Å². The molecule has 0 aliphatic carbocycles. The fourth-order valence-electron chi connectivity index (χ4n) is 1.93. The molecule has 0 aliphatic heterocycles. The fraction of sp³-hybridized carbons (Fsp3) is 0.643. The van der Waals surface area contributed by atoms with E-state index >= 15 is 0 Å². The van der Waals surface area contributed by atoms with Gasteiger partial charge in [-0.25, -0.2) is 9.78 Å². The van der Waals surface area contributed by atoms with Crippen molar-refractivity contribution in [1.82, 2.24) is 20.2 Å². The summed E-state index contributed by atoms with van der Waals surface area (Å²) in [5, 5.41) is 11.7. The summed E-state index contributed by atoms with van der Waals surface area (Å²) in [5.74, 6) is -0.380. The molecule has 0 aromatic carbocycles. The van der Waals surface area contributed by atoms with E-state index in [0.717, 1.165) is 18.7 Å². The Morgan fingerprint density at radius 2 is 2.14 bits per heavy atom. The second kappa shape index (κ2) is 8.28. The molecule has 0 spiro atoms. The molecule has 0 fully saturated rings. The lowest BCUT2D eigenvalue weighted by atomic mass is 10.0. The highest BCUT2D eigenvalue weighted by atomic mass is 16.4. The monoisotopic (exact) mass is 296 g/mol. The van der Waals surface area contributed by atoms with Gasteiger partial charge in [-0.2, -0.15) is 0 Å². The molecule has 1 rings (SSSR count). The molecule has 7 nitrogen and oxygen atoms in total. The van der Waals surface area contributed by atoms with Crippen LogP contribution in [0.5, 0.6) is 0 Å². The quantitative estimate of drug-likeness (QED) is 0.681. The van der Waals surface area contributed by atoms with E-state index in [9.17, 15) is 9.59 Å². The minimum atomic E-state index is -0.773. The van der Waals surface area contributed by atoms with Crippen molar-refractivity contribution in [3.8, 4) is 0 Å². The van der Waals surface area contributed by atoms with Gasteiger partial charge in [0.15, 0.2) is 0 Å². The van der Waals surface area contributed by atoms with E-state index in [-0.39, 0.29) is 18.0 Å². The molecule has 0 aliphatic rings. The average molecular weight is 296 g/mol. The summed E-state index contributed by atoms with van der Waals surface area (Å²) in [6, 6.07) is -0.150. The summed E-state index contributed by atoms with van der Waals surface area (Å²) in [6.07, 6.45) is 5.52. The molecule has 1 heterocycles. The first-order valence-electron chi connectivity index (χ1n) is 7.12. The standard InChI is InChI=1S/C14H24N4O3/c1-10(13(19)20)5-4-6-11(2)17-14(21)18(3)9-12-15-7-8-16-12/h7-8,10-11H,4-6,9H2,1-3H3,(H,15,16)(H,17,21)(H,19,20). The highest BCUT2D eigenvalue weighted by Gasteiger charge is 2.14. The number of carboxylic acid groups (broad SMARTS) is 1. The first-order valence-corrected chi connectivity index (χ1v) is 7.12. The summed E-state index contributed by atoms with van der Waals surface area (Å²) in [6.45, 7) is 4.04. The number of amides is 2. The molecule has 0 saturated heterocycles. The molecule has 21 heavy (non-hydrogen) atoms. The Morgan fingerprint density at radius 3 is 2.71 bits per heavy atom. The normalized spacial score (nSPS) is 13.5. The molecule has 3 N–H and O–H groups in total. The van der Waals surface area contributed by atoms with Gasteiger partial charge < -0.3 is 20.3 Å². The number of H-pyrrole nitrogens is 1. The van der Waals surface area contributed by atoms with Gasteiger partial charge in [-0.05, 0) is 19.8 Å². The third-order valence-electron chi connectivity index (χ3n) is 3.35. The molecule has 1 aromatic rings. The molecular formula is C14H24N4O3. The van der Waals surface area contributed by atoms with Gasteiger partial charge >= 0.3 is 12.0 Å². The number of rotatable bonds is 8. The first kappa shape index (κ1) is 17.0. The molecule has 0 saturated carbocycles. The van der Waals surface area contributed by atoms with E-state index in [4.69, 9.17) is 5.11 Å². The Morgan fingerprint density at radius 1 is 1.43 bits per heavy atom. The SMILES string of the molecule is CC(CCCC(C)C(=O)O)NC(=O)N(C)Cc1ncc[nH]1. The number of carboxylic acids is 1. The zero-order valence-electron chi connectivity index (χ0n) is 12.8. The van der Waals surface area contributed by atoms with Crippen molar-refractivity contribution in [3.05, 3.63) is 18.2 Å². The van der Waals surface area contributed by atoms with Crippen LogP contribution in [0.2, 0.25) is 0 Å². The van der Waals surface area contributed by atoms with Gasteiger partial charge in [0, 0.05) is 25.5 Å². The summed E-state index contributed by atoms with van der Waals surface area (Å²) in [4.78, 5) is 31.2. The number of hydrogen-bond acceptors (Lipinski definition) is 3. The minimum absolute atomic E-state index is 0.0116. The Kier molecular flexibility index (Phi) is 6.71. The molecule has 7 heteroatoms. The Bertz CT molecular complexity index is 447. The van der Waals surface area contributed by atoms with Crippen LogP contribution in [0.15, 0.2) is 12.4 Å². The second-order valence-electron chi connectivity index (χ2n) is 5.41. The summed E-state index contributed by atoms with van der Waals surface area (Å²) >= 11 is 0. The van der Waals surface area contributed by atoms with Crippen LogP contribution in [-0.4, -0.2) is 45.1 Å². The number of carbonyl (C=O) groups excluding carboxylic acids is 1. The molecule has 118 valence electrons. The summed E-state index contributed by atoms with van der Waals surface area (Å²) < 4.78 is 0. The zero-order valence-corrected chi connectivity index (χ0v) is 12.8. The second-order valence-corrected chi connectivity index (χ2v) is 5.41. The number of aliphatic carboxylic acids is 1. The van der Waals surface area contributed by atoms with Gasteiger partial charge in [0.1, 0.15) is 5.82 Å². The van der Waals surface area contributed by atoms with Crippen LogP contribution in [0, 0.1) is 5.92 Å². The Balaban J connectivity index is 2.25. The van der Waals surface area contributed by atoms with E-state index in [1.54, 1.807) is 31.3 Å². The van der Waals surface area contributed by atoms with Crippen molar-refractivity contribution in [1.29, 1.82) is 0 Å². The van der Waals surface area contributed by atoms with Crippen molar-refractivity contribution >= 4 is 12.0 Å². The smallest absolute Gasteiger partial charge is 0.317 e. The third-order valence-corrected chi connectivity index (χ3v) is 3.35. The van der Waals surface area contributed by atoms with Gasteiger partial charge in [-0.1, -0.05) is 13.3 Å². The van der Waals surface area contributed by atoms with Crippen LogP contribution in [0.3, 0.4) is 0 Å². The van der Waals surface area contributed by atoms with Crippen LogP contribution in [0.1, 0.15) is 38.9 Å². The summed E-state index contributed by atoms with van der Waals surface area (Å²) in [7, 11) is 1.71. The van der Waals surface area contributed by atoms with E-state index in [0.29, 0.717) is 13.0 Å². The largest absolute Gasteiger partial charge is 0.481 e. The highest BCUT2D eigenvalue weighted by Crippen LogP contribution is 2.09. The molecular weight excluding hydrogens is 272 g/mol. The Hall–Kier alpha value is -2.05. The molecule has 2 unspecified atom stereocenters. The number of nitrogens with zero attached hydrogens (tertiary/aromatic N) is 2. The van der Waals surface area contributed by atoms with Gasteiger partial charge in [-0.3, -0.25) is 4.79 Å². The molecule has 1 aromatic heterocycles. The first-order chi connectivity index (χ1) is 9.90. The van der Waals surface area contributed by atoms with E-state index in [1.165, 1.54) is 0 Å². The molecule has 0 bridgehead atoms. The maximum atomic E-state index is 12.0. The topological polar surface area (TPSA) is 98.3 Å². The van der Waals surface area contributed by atoms with Crippen LogP contribution >= 0.6 is 0 Å². The summed E-state index contributed by atoms with van der Waals surface area (Å²) in [5.41, 5.74) is 0. The van der Waals surface area contributed by atoms with Crippen LogP contribution in [-0.2, 0) is 11.3 Å². The fourth-order valence-corrected chi connectivity index (χ4v) is 1.93. The van der Waals surface area contributed by atoms with Crippen molar-refractivity contribution < 1.29 is 14.7 Å². The van der Waals surface area contributed by atoms with Crippen molar-refractivity contribution in [2.75, 3.05) is 7.05 Å². The lowest BCUT2D eigenvalue weighted by molar-refractivity contribution is -0.141. The van der Waals surface area contributed by atoms with Crippen molar-refractivity contribution in [3.63, 3.8) is 0 Å². The van der Waals surface area contributed by atoms with E-state index < -0.39 is 5.97 Å². The van der Waals surface area contributed by atoms with Crippen LogP contribution in [0.25, 0.3) is 0 Å². The maximum Gasteiger partial charge on any atom is 0.317 e. The van der Waals surface area contributed by atoms with Crippen LogP contribution < -0.4 is 5.32 Å². The number of aromatic nitrogens is 2. The number of nitrogens with one attached hydrogen (secondary N) is 2. The Labute approximate surface area is 124 Å². The minimum Gasteiger partial charge on any atom is -0.481 e. The van der Waals surface area contributed by atoms with Gasteiger partial charge in [0.05, 0.1) is 12.5 Å². The maximum absolute atomic E-state index is 12.0. The number of hydrogen-bond donors (Lipinski definition) is 3. The predicted molar refractivity (Wildman–Crippen MR) is 78.7 cm³/mol.